The smallest absolute Gasteiger partial charge is 0.167 e. The second-order valence-corrected chi connectivity index (χ2v) is 6.98. The van der Waals surface area contributed by atoms with Crippen LogP contribution in [0.15, 0.2) is 66.7 Å². The molecule has 0 aliphatic heterocycles. The predicted octanol–water partition coefficient (Wildman–Crippen LogP) is 4.79. The number of ketones is 1. The molecule has 0 fully saturated rings. The first kappa shape index (κ1) is 19.3. The van der Waals surface area contributed by atoms with Gasteiger partial charge in [-0.25, -0.2) is 15.0 Å². The molecule has 0 saturated carbocycles. The third-order valence-corrected chi connectivity index (χ3v) is 4.67. The van der Waals surface area contributed by atoms with Gasteiger partial charge in [0.2, 0.25) is 0 Å². The first-order chi connectivity index (χ1) is 14.4. The van der Waals surface area contributed by atoms with Crippen LogP contribution in [0.5, 0.6) is 11.5 Å². The van der Waals surface area contributed by atoms with Crippen LogP contribution in [-0.2, 0) is 0 Å². The van der Waals surface area contributed by atoms with Crippen molar-refractivity contribution in [1.82, 2.24) is 15.0 Å². The van der Waals surface area contributed by atoms with E-state index in [-0.39, 0.29) is 28.9 Å². The summed E-state index contributed by atoms with van der Waals surface area (Å²) in [4.78, 5) is 25.5. The van der Waals surface area contributed by atoms with E-state index in [9.17, 15) is 15.0 Å². The van der Waals surface area contributed by atoms with E-state index in [1.165, 1.54) is 6.92 Å². The van der Waals surface area contributed by atoms with Crippen LogP contribution >= 0.6 is 0 Å². The van der Waals surface area contributed by atoms with Crippen molar-refractivity contribution in [3.05, 3.63) is 77.9 Å². The monoisotopic (exact) mass is 397 g/mol. The second-order valence-electron chi connectivity index (χ2n) is 6.98. The molecule has 1 heterocycles. The summed E-state index contributed by atoms with van der Waals surface area (Å²) in [6, 6.07) is 18.9. The molecule has 4 rings (SSSR count). The summed E-state index contributed by atoms with van der Waals surface area (Å²) in [5.74, 6) is 0.881. The van der Waals surface area contributed by atoms with Crippen LogP contribution in [0.1, 0.15) is 22.8 Å². The number of aryl methyl sites for hydroxylation is 1. The van der Waals surface area contributed by atoms with Gasteiger partial charge in [0, 0.05) is 11.1 Å². The molecule has 0 aliphatic rings. The number of carbonyl (C=O) groups is 1. The number of phenols is 2. The normalized spacial score (nSPS) is 10.7. The Kier molecular flexibility index (Phi) is 4.98. The number of aromatic hydroxyl groups is 2. The molecule has 2 N–H and O–H groups in total. The van der Waals surface area contributed by atoms with Crippen LogP contribution in [0.4, 0.5) is 0 Å². The Balaban J connectivity index is 1.99. The molecular weight excluding hydrogens is 378 g/mol. The van der Waals surface area contributed by atoms with E-state index in [0.717, 1.165) is 5.56 Å². The molecule has 30 heavy (non-hydrogen) atoms. The van der Waals surface area contributed by atoms with Crippen LogP contribution in [0.2, 0.25) is 0 Å². The first-order valence-electron chi connectivity index (χ1n) is 9.38. The number of aromatic nitrogens is 3. The first-order valence-corrected chi connectivity index (χ1v) is 9.38. The topological polar surface area (TPSA) is 96.2 Å². The van der Waals surface area contributed by atoms with Crippen molar-refractivity contribution in [2.24, 2.45) is 0 Å². The van der Waals surface area contributed by atoms with E-state index in [2.05, 4.69) is 15.0 Å². The van der Waals surface area contributed by atoms with Gasteiger partial charge in [-0.05, 0) is 61.9 Å². The van der Waals surface area contributed by atoms with Crippen molar-refractivity contribution in [2.45, 2.75) is 13.8 Å². The molecule has 1 aromatic heterocycles. The van der Waals surface area contributed by atoms with Gasteiger partial charge < -0.3 is 10.2 Å². The van der Waals surface area contributed by atoms with E-state index in [0.29, 0.717) is 28.1 Å². The van der Waals surface area contributed by atoms with Crippen molar-refractivity contribution in [3.63, 3.8) is 0 Å². The van der Waals surface area contributed by atoms with E-state index in [1.54, 1.807) is 60.7 Å². The van der Waals surface area contributed by atoms with Gasteiger partial charge in [0.25, 0.3) is 0 Å². The molecule has 6 heteroatoms. The number of Topliss-reactive ketones (excluding diaryl/α,β-unsaturated/α-hetero) is 1. The van der Waals surface area contributed by atoms with E-state index < -0.39 is 0 Å². The Morgan fingerprint density at radius 2 is 1.23 bits per heavy atom. The van der Waals surface area contributed by atoms with Crippen molar-refractivity contribution in [1.29, 1.82) is 0 Å². The molecule has 4 aromatic rings. The summed E-state index contributed by atoms with van der Waals surface area (Å²) in [5, 5.41) is 20.6. The van der Waals surface area contributed by atoms with E-state index >= 15 is 0 Å². The molecule has 0 spiro atoms. The molecular formula is C24H19N3O3. The lowest BCUT2D eigenvalue weighted by Crippen LogP contribution is -2.02. The number of carbonyl (C=O) groups excluding carboxylic acids is 1. The zero-order chi connectivity index (χ0) is 21.3. The molecule has 0 saturated heterocycles. The van der Waals surface area contributed by atoms with Crippen LogP contribution < -0.4 is 0 Å². The molecule has 6 nitrogen and oxygen atoms in total. The fraction of sp³-hybridized carbons (Fsp3) is 0.0833. The fourth-order valence-corrected chi connectivity index (χ4v) is 3.19. The van der Waals surface area contributed by atoms with Gasteiger partial charge in [0.15, 0.2) is 23.3 Å². The summed E-state index contributed by atoms with van der Waals surface area (Å²) < 4.78 is 0. The molecule has 0 amide bonds. The van der Waals surface area contributed by atoms with Gasteiger partial charge in [-0.15, -0.1) is 0 Å². The molecule has 0 aliphatic carbocycles. The van der Waals surface area contributed by atoms with Crippen LogP contribution in [0.3, 0.4) is 0 Å². The van der Waals surface area contributed by atoms with Crippen LogP contribution in [0, 0.1) is 6.92 Å². The molecule has 0 atom stereocenters. The zero-order valence-corrected chi connectivity index (χ0v) is 16.5. The highest BCUT2D eigenvalue weighted by Crippen LogP contribution is 2.32. The Morgan fingerprint density at radius 3 is 1.73 bits per heavy atom. The minimum atomic E-state index is -0.0594. The molecule has 0 radical (unpaired) electrons. The molecule has 0 unspecified atom stereocenters. The number of hydrogen-bond donors (Lipinski definition) is 2. The average molecular weight is 397 g/mol. The minimum absolute atomic E-state index is 0.0338. The summed E-state index contributed by atoms with van der Waals surface area (Å²) in [6.45, 7) is 3.40. The SMILES string of the molecule is CC(=O)c1cc(C)cc(-c2nc(-c3ccccc3O)nc(-c3ccccc3O)n2)c1. The number of hydrogen-bond acceptors (Lipinski definition) is 6. The maximum absolute atomic E-state index is 11.9. The van der Waals surface area contributed by atoms with E-state index in [1.807, 2.05) is 13.0 Å². The Morgan fingerprint density at radius 1 is 0.733 bits per heavy atom. The number of benzene rings is 3. The number of para-hydroxylation sites is 2. The lowest BCUT2D eigenvalue weighted by Gasteiger charge is -2.11. The van der Waals surface area contributed by atoms with Gasteiger partial charge in [0.1, 0.15) is 11.5 Å². The maximum atomic E-state index is 11.9. The predicted molar refractivity (Wildman–Crippen MR) is 114 cm³/mol. The number of nitrogens with zero attached hydrogens (tertiary/aromatic N) is 3. The average Bonchev–Trinajstić information content (AvgIpc) is 2.73. The third kappa shape index (κ3) is 3.75. The van der Waals surface area contributed by atoms with Gasteiger partial charge in [-0.1, -0.05) is 24.3 Å². The molecule has 0 bridgehead atoms. The zero-order valence-electron chi connectivity index (χ0n) is 16.5. The standard InChI is InChI=1S/C24H19N3O3/c1-14-11-16(15(2)28)13-17(12-14)22-25-23(18-7-3-5-9-20(18)29)27-24(26-22)19-8-4-6-10-21(19)30/h3-13,29-30H,1-2H3. The van der Waals surface area contributed by atoms with E-state index in [4.69, 9.17) is 0 Å². The highest BCUT2D eigenvalue weighted by atomic mass is 16.3. The maximum Gasteiger partial charge on any atom is 0.167 e. The van der Waals surface area contributed by atoms with Crippen LogP contribution in [0.25, 0.3) is 34.2 Å². The molecule has 148 valence electrons. The number of phenolic OH excluding ortho intramolecular Hbond substituents is 2. The summed E-state index contributed by atoms with van der Waals surface area (Å²) >= 11 is 0. The lowest BCUT2D eigenvalue weighted by molar-refractivity contribution is 0.101. The van der Waals surface area contributed by atoms with Crippen molar-refractivity contribution in [3.8, 4) is 45.7 Å². The van der Waals surface area contributed by atoms with Crippen molar-refractivity contribution >= 4 is 5.78 Å². The van der Waals surface area contributed by atoms with Gasteiger partial charge >= 0.3 is 0 Å². The van der Waals surface area contributed by atoms with Gasteiger partial charge in [0.05, 0.1) is 11.1 Å². The minimum Gasteiger partial charge on any atom is -0.507 e. The summed E-state index contributed by atoms with van der Waals surface area (Å²) in [7, 11) is 0. The Hall–Kier alpha value is -4.06. The Bertz CT molecular complexity index is 1200. The van der Waals surface area contributed by atoms with Gasteiger partial charge in [-0.2, -0.15) is 0 Å². The number of rotatable bonds is 4. The third-order valence-electron chi connectivity index (χ3n) is 4.67. The lowest BCUT2D eigenvalue weighted by atomic mass is 10.0. The molecule has 3 aromatic carbocycles. The van der Waals surface area contributed by atoms with Crippen molar-refractivity contribution in [2.75, 3.05) is 0 Å². The highest BCUT2D eigenvalue weighted by Gasteiger charge is 2.17. The Labute approximate surface area is 173 Å². The quantitative estimate of drug-likeness (QED) is 0.481. The van der Waals surface area contributed by atoms with Crippen LogP contribution in [-0.4, -0.2) is 30.9 Å². The highest BCUT2D eigenvalue weighted by molar-refractivity contribution is 5.95. The van der Waals surface area contributed by atoms with Gasteiger partial charge in [-0.3, -0.25) is 4.79 Å². The summed E-state index contributed by atoms with van der Waals surface area (Å²) in [6.07, 6.45) is 0. The largest absolute Gasteiger partial charge is 0.507 e. The summed E-state index contributed by atoms with van der Waals surface area (Å²) in [5.41, 5.74) is 2.98. The second kappa shape index (κ2) is 7.75. The van der Waals surface area contributed by atoms with Crippen molar-refractivity contribution < 1.29 is 15.0 Å². The fourth-order valence-electron chi connectivity index (χ4n) is 3.19.